The van der Waals surface area contributed by atoms with E-state index in [-0.39, 0.29) is 5.91 Å². The highest BCUT2D eigenvalue weighted by Crippen LogP contribution is 2.45. The average Bonchev–Trinajstić information content (AvgIpc) is 3.15. The smallest absolute Gasteiger partial charge is 0.409 e. The molecule has 1 unspecified atom stereocenters. The van der Waals surface area contributed by atoms with Crippen LogP contribution in [0.25, 0.3) is 10.9 Å². The molecule has 6 heteroatoms. The third kappa shape index (κ3) is 2.64. The predicted octanol–water partition coefficient (Wildman–Crippen LogP) is 3.91. The predicted molar refractivity (Wildman–Crippen MR) is 108 cm³/mol. The van der Waals surface area contributed by atoms with Crippen molar-refractivity contribution in [1.82, 2.24) is 10.3 Å². The normalized spacial score (nSPS) is 19.0. The Morgan fingerprint density at radius 3 is 2.50 bits per heavy atom. The molecule has 3 aromatic rings. The van der Waals surface area contributed by atoms with Gasteiger partial charge in [-0.2, -0.15) is 0 Å². The highest BCUT2D eigenvalue weighted by atomic mass is 16.6. The topological polar surface area (TPSA) is 74.4 Å². The molecule has 28 heavy (non-hydrogen) atoms. The van der Waals surface area contributed by atoms with E-state index < -0.39 is 17.2 Å². The Kier molecular flexibility index (Phi) is 3.96. The molecule has 1 atom stereocenters. The van der Waals surface area contributed by atoms with E-state index in [1.54, 1.807) is 38.9 Å². The lowest BCUT2D eigenvalue weighted by atomic mass is 9.83. The summed E-state index contributed by atoms with van der Waals surface area (Å²) in [5, 5.41) is 3.78. The van der Waals surface area contributed by atoms with Crippen molar-refractivity contribution in [3.05, 3.63) is 65.9 Å². The van der Waals surface area contributed by atoms with Gasteiger partial charge in [-0.15, -0.1) is 0 Å². The summed E-state index contributed by atoms with van der Waals surface area (Å²) < 4.78 is 5.50. The van der Waals surface area contributed by atoms with Crippen LogP contribution in [0, 0.1) is 0 Å². The maximum Gasteiger partial charge on any atom is 0.409 e. The molecule has 0 fully saturated rings. The Balaban J connectivity index is 1.95. The van der Waals surface area contributed by atoms with Crippen LogP contribution in [0.4, 0.5) is 10.5 Å². The third-order valence-electron chi connectivity index (χ3n) is 4.98. The first kappa shape index (κ1) is 18.1. The van der Waals surface area contributed by atoms with Crippen LogP contribution in [0.5, 0.6) is 0 Å². The highest BCUT2D eigenvalue weighted by Gasteiger charge is 2.53. The van der Waals surface area contributed by atoms with E-state index in [1.807, 2.05) is 48.5 Å². The number of aromatic amines is 1. The van der Waals surface area contributed by atoms with E-state index in [0.717, 1.165) is 22.2 Å². The summed E-state index contributed by atoms with van der Waals surface area (Å²) in [5.74, 6) is -0.232. The minimum absolute atomic E-state index is 0.232. The van der Waals surface area contributed by atoms with E-state index in [0.29, 0.717) is 5.56 Å². The number of hydrogen-bond donors (Lipinski definition) is 2. The maximum absolute atomic E-state index is 13.6. The lowest BCUT2D eigenvalue weighted by molar-refractivity contribution is -0.122. The molecule has 0 aliphatic carbocycles. The number of carbonyl (C=O) groups excluding carboxylic acids is 2. The minimum Gasteiger partial charge on any atom is -0.444 e. The Morgan fingerprint density at radius 1 is 1.07 bits per heavy atom. The van der Waals surface area contributed by atoms with E-state index in [2.05, 4.69) is 10.3 Å². The zero-order valence-electron chi connectivity index (χ0n) is 16.4. The highest BCUT2D eigenvalue weighted by molar-refractivity contribution is 6.13. The molecule has 6 nitrogen and oxygen atoms in total. The number of para-hydroxylation sites is 2. The van der Waals surface area contributed by atoms with Gasteiger partial charge in [0.2, 0.25) is 0 Å². The van der Waals surface area contributed by atoms with Gasteiger partial charge in [-0.25, -0.2) is 4.79 Å². The Labute approximate surface area is 163 Å². The van der Waals surface area contributed by atoms with Crippen molar-refractivity contribution < 1.29 is 14.3 Å². The van der Waals surface area contributed by atoms with Crippen LogP contribution in [0.1, 0.15) is 31.9 Å². The molecule has 1 aromatic heterocycles. The van der Waals surface area contributed by atoms with Crippen molar-refractivity contribution in [1.29, 1.82) is 0 Å². The number of aromatic nitrogens is 1. The molecule has 0 saturated carbocycles. The number of nitrogens with zero attached hydrogens (tertiary/aromatic N) is 1. The van der Waals surface area contributed by atoms with E-state index in [4.69, 9.17) is 4.74 Å². The lowest BCUT2D eigenvalue weighted by Gasteiger charge is -2.31. The first-order valence-corrected chi connectivity index (χ1v) is 9.19. The number of anilines is 1. The molecular weight excluding hydrogens is 354 g/mol. The molecule has 0 spiro atoms. The lowest BCUT2D eigenvalue weighted by Crippen LogP contribution is -2.54. The van der Waals surface area contributed by atoms with Gasteiger partial charge in [0.25, 0.3) is 5.91 Å². The molecule has 4 rings (SSSR count). The van der Waals surface area contributed by atoms with Crippen molar-refractivity contribution in [3.8, 4) is 0 Å². The average molecular weight is 377 g/mol. The van der Waals surface area contributed by atoms with Gasteiger partial charge in [-0.1, -0.05) is 36.4 Å². The van der Waals surface area contributed by atoms with Gasteiger partial charge in [0.05, 0.1) is 0 Å². The van der Waals surface area contributed by atoms with Gasteiger partial charge in [0.1, 0.15) is 5.60 Å². The zero-order chi connectivity index (χ0) is 20.1. The summed E-state index contributed by atoms with van der Waals surface area (Å²) in [6.45, 7) is 5.38. The van der Waals surface area contributed by atoms with Crippen LogP contribution < -0.4 is 10.2 Å². The van der Waals surface area contributed by atoms with E-state index in [9.17, 15) is 9.59 Å². The molecule has 0 radical (unpaired) electrons. The van der Waals surface area contributed by atoms with Crippen LogP contribution in [0.3, 0.4) is 0 Å². The quantitative estimate of drug-likeness (QED) is 0.711. The first-order valence-electron chi connectivity index (χ1n) is 9.19. The van der Waals surface area contributed by atoms with Crippen molar-refractivity contribution in [2.75, 3.05) is 11.9 Å². The Morgan fingerprint density at radius 2 is 1.75 bits per heavy atom. The first-order chi connectivity index (χ1) is 13.2. The van der Waals surface area contributed by atoms with Crippen molar-refractivity contribution in [2.45, 2.75) is 31.9 Å². The number of H-pyrrole nitrogens is 1. The summed E-state index contributed by atoms with van der Waals surface area (Å²) >= 11 is 0. The molecule has 0 saturated heterocycles. The SMILES string of the molecule is CN1C(=O)C(NC(=O)OC(C)(C)C)(c2c[nH]c3ccccc23)c2ccccc21. The monoisotopic (exact) mass is 377 g/mol. The second kappa shape index (κ2) is 6.12. The molecular formula is C22H23N3O3. The number of rotatable bonds is 2. The van der Waals surface area contributed by atoms with Crippen LogP contribution >= 0.6 is 0 Å². The summed E-state index contributed by atoms with van der Waals surface area (Å²) in [6.07, 6.45) is 1.15. The van der Waals surface area contributed by atoms with Crippen molar-refractivity contribution >= 4 is 28.6 Å². The number of alkyl carbamates (subject to hydrolysis) is 1. The second-order valence-electron chi connectivity index (χ2n) is 8.01. The van der Waals surface area contributed by atoms with Crippen molar-refractivity contribution in [3.63, 3.8) is 0 Å². The number of likely N-dealkylation sites (N-methyl/N-ethyl adjacent to an activating group) is 1. The van der Waals surface area contributed by atoms with Crippen molar-refractivity contribution in [2.24, 2.45) is 0 Å². The van der Waals surface area contributed by atoms with Crippen LogP contribution in [0.15, 0.2) is 54.7 Å². The number of amides is 2. The fourth-order valence-corrected chi connectivity index (χ4v) is 3.85. The second-order valence-corrected chi connectivity index (χ2v) is 8.01. The standard InChI is InChI=1S/C22H23N3O3/c1-21(2,3)28-20(27)24-22(16-13-23-17-11-7-5-9-14(16)17)15-10-6-8-12-18(15)25(4)19(22)26/h5-13,23H,1-4H3,(H,24,27). The summed E-state index contributed by atoms with van der Waals surface area (Å²) in [6, 6.07) is 15.2. The molecule has 0 bridgehead atoms. The fourth-order valence-electron chi connectivity index (χ4n) is 3.85. The Hall–Kier alpha value is -3.28. The van der Waals surface area contributed by atoms with Gasteiger partial charge < -0.3 is 14.6 Å². The molecule has 2 aromatic carbocycles. The number of carbonyl (C=O) groups is 2. The number of hydrogen-bond acceptors (Lipinski definition) is 3. The molecule has 1 aliphatic rings. The van der Waals surface area contributed by atoms with Crippen LogP contribution in [0.2, 0.25) is 0 Å². The number of fused-ring (bicyclic) bond motifs is 2. The summed E-state index contributed by atoms with van der Waals surface area (Å²) in [5.41, 5.74) is 1.01. The van der Waals surface area contributed by atoms with Gasteiger partial charge in [0, 0.05) is 41.0 Å². The number of benzene rings is 2. The molecule has 2 N–H and O–H groups in total. The van der Waals surface area contributed by atoms with E-state index >= 15 is 0 Å². The van der Waals surface area contributed by atoms with Gasteiger partial charge in [0.15, 0.2) is 5.54 Å². The maximum atomic E-state index is 13.6. The fraction of sp³-hybridized carbons (Fsp3) is 0.273. The van der Waals surface area contributed by atoms with Gasteiger partial charge >= 0.3 is 6.09 Å². The molecule has 2 heterocycles. The zero-order valence-corrected chi connectivity index (χ0v) is 16.4. The largest absolute Gasteiger partial charge is 0.444 e. The molecule has 1 aliphatic heterocycles. The summed E-state index contributed by atoms with van der Waals surface area (Å²) in [7, 11) is 1.72. The summed E-state index contributed by atoms with van der Waals surface area (Å²) in [4.78, 5) is 31.2. The molecule has 2 amide bonds. The number of ether oxygens (including phenoxy) is 1. The van der Waals surface area contributed by atoms with Crippen LogP contribution in [-0.2, 0) is 15.1 Å². The van der Waals surface area contributed by atoms with E-state index in [1.165, 1.54) is 0 Å². The van der Waals surface area contributed by atoms with Gasteiger partial charge in [-0.05, 0) is 32.9 Å². The van der Waals surface area contributed by atoms with Gasteiger partial charge in [-0.3, -0.25) is 10.1 Å². The minimum atomic E-state index is -1.37. The Bertz CT molecular complexity index is 1080. The number of nitrogens with one attached hydrogen (secondary N) is 2. The van der Waals surface area contributed by atoms with Crippen LogP contribution in [-0.4, -0.2) is 29.6 Å². The molecule has 144 valence electrons. The third-order valence-corrected chi connectivity index (χ3v) is 4.98.